The van der Waals surface area contributed by atoms with Crippen LogP contribution in [0.15, 0.2) is 48.5 Å². The van der Waals surface area contributed by atoms with E-state index in [9.17, 15) is 19.3 Å². The first-order valence-corrected chi connectivity index (χ1v) is 7.27. The molecule has 0 saturated carbocycles. The van der Waals surface area contributed by atoms with Crippen LogP contribution in [0, 0.1) is 15.9 Å². The van der Waals surface area contributed by atoms with E-state index < -0.39 is 10.7 Å². The maximum atomic E-state index is 13.1. The van der Waals surface area contributed by atoms with Gasteiger partial charge in [-0.15, -0.1) is 0 Å². The minimum atomic E-state index is -0.481. The van der Waals surface area contributed by atoms with Crippen LogP contribution in [-0.4, -0.2) is 29.4 Å². The Hall–Kier alpha value is -2.96. The highest BCUT2D eigenvalue weighted by molar-refractivity contribution is 5.78. The standard InChI is InChI=1S/C17H17FN2O4/c1-12(13-5-3-7-15(9-13)20(22)23)19(2)17(21)11-24-16-8-4-6-14(18)10-16/h3-10,12H,11H2,1-2H3/t12-/m1/s1. The van der Waals surface area contributed by atoms with Crippen LogP contribution in [0.1, 0.15) is 18.5 Å². The number of likely N-dealkylation sites (N-methyl/N-ethyl adjacent to an activating group) is 1. The average Bonchev–Trinajstić information content (AvgIpc) is 2.58. The number of ether oxygens (including phenoxy) is 1. The molecule has 0 saturated heterocycles. The van der Waals surface area contributed by atoms with Crippen molar-refractivity contribution < 1.29 is 18.8 Å². The average molecular weight is 332 g/mol. The second kappa shape index (κ2) is 7.54. The number of nitro groups is 1. The summed E-state index contributed by atoms with van der Waals surface area (Å²) in [4.78, 5) is 24.0. The lowest BCUT2D eigenvalue weighted by Gasteiger charge is -2.25. The molecule has 2 aromatic rings. The Morgan fingerprint density at radius 3 is 2.67 bits per heavy atom. The first-order chi connectivity index (χ1) is 11.4. The molecular weight excluding hydrogens is 315 g/mol. The van der Waals surface area contributed by atoms with Crippen LogP contribution >= 0.6 is 0 Å². The number of hydrogen-bond donors (Lipinski definition) is 0. The molecule has 2 rings (SSSR count). The molecule has 0 spiro atoms. The van der Waals surface area contributed by atoms with Crippen LogP contribution in [0.3, 0.4) is 0 Å². The van der Waals surface area contributed by atoms with Gasteiger partial charge < -0.3 is 9.64 Å². The molecule has 0 aromatic heterocycles. The molecule has 24 heavy (non-hydrogen) atoms. The van der Waals surface area contributed by atoms with Crippen molar-refractivity contribution in [2.45, 2.75) is 13.0 Å². The quantitative estimate of drug-likeness (QED) is 0.601. The number of carbonyl (C=O) groups is 1. The summed E-state index contributed by atoms with van der Waals surface area (Å²) in [6.07, 6.45) is 0. The zero-order valence-electron chi connectivity index (χ0n) is 13.3. The molecule has 126 valence electrons. The predicted molar refractivity (Wildman–Crippen MR) is 86.2 cm³/mol. The molecule has 0 aliphatic heterocycles. The SMILES string of the molecule is C[C@H](c1cccc([N+](=O)[O-])c1)N(C)C(=O)COc1cccc(F)c1. The first-order valence-electron chi connectivity index (χ1n) is 7.27. The summed E-state index contributed by atoms with van der Waals surface area (Å²) in [6, 6.07) is 11.3. The van der Waals surface area contributed by atoms with Crippen molar-refractivity contribution in [2.24, 2.45) is 0 Å². The Morgan fingerprint density at radius 1 is 1.29 bits per heavy atom. The Kier molecular flexibility index (Phi) is 5.47. The fourth-order valence-corrected chi connectivity index (χ4v) is 2.14. The van der Waals surface area contributed by atoms with Gasteiger partial charge in [0.2, 0.25) is 0 Å². The van der Waals surface area contributed by atoms with E-state index in [-0.39, 0.29) is 30.0 Å². The summed E-state index contributed by atoms with van der Waals surface area (Å²) < 4.78 is 18.4. The Balaban J connectivity index is 2.01. The van der Waals surface area contributed by atoms with Crippen molar-refractivity contribution in [3.05, 3.63) is 70.0 Å². The summed E-state index contributed by atoms with van der Waals surface area (Å²) >= 11 is 0. The lowest BCUT2D eigenvalue weighted by molar-refractivity contribution is -0.384. The van der Waals surface area contributed by atoms with Crippen LogP contribution < -0.4 is 4.74 Å². The van der Waals surface area contributed by atoms with E-state index in [1.165, 1.54) is 35.2 Å². The number of nitrogens with zero attached hydrogens (tertiary/aromatic N) is 2. The number of carbonyl (C=O) groups excluding carboxylic acids is 1. The van der Waals surface area contributed by atoms with Gasteiger partial charge in [0.25, 0.3) is 11.6 Å². The van der Waals surface area contributed by atoms with Crippen LogP contribution in [0.5, 0.6) is 5.75 Å². The van der Waals surface area contributed by atoms with Crippen molar-refractivity contribution in [2.75, 3.05) is 13.7 Å². The molecule has 0 N–H and O–H groups in total. The summed E-state index contributed by atoms with van der Waals surface area (Å²) in [5.74, 6) is -0.503. The molecular formula is C17H17FN2O4. The second-order valence-corrected chi connectivity index (χ2v) is 5.28. The van der Waals surface area contributed by atoms with Gasteiger partial charge in [0, 0.05) is 25.2 Å². The Bertz CT molecular complexity index is 751. The molecule has 2 aromatic carbocycles. The van der Waals surface area contributed by atoms with Gasteiger partial charge in [-0.2, -0.15) is 0 Å². The molecule has 7 heteroatoms. The highest BCUT2D eigenvalue weighted by atomic mass is 19.1. The van der Waals surface area contributed by atoms with Crippen LogP contribution in [-0.2, 0) is 4.79 Å². The molecule has 0 unspecified atom stereocenters. The summed E-state index contributed by atoms with van der Waals surface area (Å²) in [5, 5.41) is 10.8. The summed E-state index contributed by atoms with van der Waals surface area (Å²) in [5.41, 5.74) is 0.613. The fourth-order valence-electron chi connectivity index (χ4n) is 2.14. The largest absolute Gasteiger partial charge is 0.484 e. The van der Waals surface area contributed by atoms with Crippen molar-refractivity contribution in [3.63, 3.8) is 0 Å². The molecule has 0 aliphatic rings. The molecule has 0 radical (unpaired) electrons. The molecule has 0 bridgehead atoms. The highest BCUT2D eigenvalue weighted by Crippen LogP contribution is 2.23. The van der Waals surface area contributed by atoms with E-state index >= 15 is 0 Å². The third kappa shape index (κ3) is 4.28. The number of non-ortho nitro benzene ring substituents is 1. The van der Waals surface area contributed by atoms with Gasteiger partial charge in [-0.3, -0.25) is 14.9 Å². The molecule has 6 nitrogen and oxygen atoms in total. The van der Waals surface area contributed by atoms with Gasteiger partial charge >= 0.3 is 0 Å². The molecule has 1 amide bonds. The van der Waals surface area contributed by atoms with Gasteiger partial charge in [0.1, 0.15) is 11.6 Å². The van der Waals surface area contributed by atoms with Crippen LogP contribution in [0.2, 0.25) is 0 Å². The Labute approximate surface area is 138 Å². The summed E-state index contributed by atoms with van der Waals surface area (Å²) in [6.45, 7) is 1.51. The number of amides is 1. The maximum absolute atomic E-state index is 13.1. The van der Waals surface area contributed by atoms with Crippen molar-refractivity contribution in [1.82, 2.24) is 4.90 Å². The number of rotatable bonds is 6. The minimum absolute atomic E-state index is 0.0313. The van der Waals surface area contributed by atoms with E-state index in [1.807, 2.05) is 0 Å². The lowest BCUT2D eigenvalue weighted by Crippen LogP contribution is -2.33. The smallest absolute Gasteiger partial charge is 0.269 e. The van der Waals surface area contributed by atoms with Gasteiger partial charge in [0.15, 0.2) is 6.61 Å². The maximum Gasteiger partial charge on any atom is 0.269 e. The number of benzene rings is 2. The zero-order valence-corrected chi connectivity index (χ0v) is 13.3. The fraction of sp³-hybridized carbons (Fsp3) is 0.235. The van der Waals surface area contributed by atoms with E-state index in [1.54, 1.807) is 32.2 Å². The van der Waals surface area contributed by atoms with E-state index in [2.05, 4.69) is 0 Å². The number of hydrogen-bond acceptors (Lipinski definition) is 4. The number of halogens is 1. The minimum Gasteiger partial charge on any atom is -0.484 e. The highest BCUT2D eigenvalue weighted by Gasteiger charge is 2.19. The van der Waals surface area contributed by atoms with Gasteiger partial charge in [-0.05, 0) is 24.6 Å². The van der Waals surface area contributed by atoms with Gasteiger partial charge in [-0.25, -0.2) is 4.39 Å². The van der Waals surface area contributed by atoms with E-state index in [0.29, 0.717) is 5.56 Å². The monoisotopic (exact) mass is 332 g/mol. The van der Waals surface area contributed by atoms with Crippen molar-refractivity contribution >= 4 is 11.6 Å². The molecule has 0 fully saturated rings. The number of nitro benzene ring substituents is 1. The predicted octanol–water partition coefficient (Wildman–Crippen LogP) is 3.33. The van der Waals surface area contributed by atoms with Gasteiger partial charge in [-0.1, -0.05) is 18.2 Å². The van der Waals surface area contributed by atoms with Crippen LogP contribution in [0.4, 0.5) is 10.1 Å². The molecule has 0 aliphatic carbocycles. The second-order valence-electron chi connectivity index (χ2n) is 5.28. The third-order valence-corrected chi connectivity index (χ3v) is 3.70. The lowest BCUT2D eigenvalue weighted by atomic mass is 10.1. The van der Waals surface area contributed by atoms with Gasteiger partial charge in [0.05, 0.1) is 11.0 Å². The Morgan fingerprint density at radius 2 is 2.00 bits per heavy atom. The van der Waals surface area contributed by atoms with Crippen molar-refractivity contribution in [3.8, 4) is 5.75 Å². The summed E-state index contributed by atoms with van der Waals surface area (Å²) in [7, 11) is 1.58. The third-order valence-electron chi connectivity index (χ3n) is 3.70. The normalized spacial score (nSPS) is 11.6. The topological polar surface area (TPSA) is 72.7 Å². The van der Waals surface area contributed by atoms with E-state index in [4.69, 9.17) is 4.74 Å². The first kappa shape index (κ1) is 17.4. The molecule has 0 heterocycles. The molecule has 1 atom stereocenters. The van der Waals surface area contributed by atoms with Crippen LogP contribution in [0.25, 0.3) is 0 Å². The zero-order chi connectivity index (χ0) is 17.7. The van der Waals surface area contributed by atoms with E-state index in [0.717, 1.165) is 0 Å². The van der Waals surface area contributed by atoms with Crippen molar-refractivity contribution in [1.29, 1.82) is 0 Å².